The molecule has 15 rings (SSSR count). The van der Waals surface area contributed by atoms with Gasteiger partial charge in [-0.1, -0.05) is 182 Å². The molecule has 26 heteroatoms. The first-order valence-electron chi connectivity index (χ1n) is 34.3. The standard InChI is InChI=1S/C87H48F4N6O14S2/c88-59-31-55-57(33-61(59)90)75(98)73(67(55)53(37-92)38-93)96-65-35-63-69(85(65,79(100)106-41-47-19-7-1-8-20-47)80(101)107-42-48-21-9-2-10-22-48)71-77(112-63)78-72(87(71,83(104)110-45-51-27-15-5-16-28-51)84(105)111-46-52-29-17-6-18-30-52)70-64(113-78)36-66(97-74-68(54(39-94)40-95)56-32-60(89)62(91)34-58(56)76(74)99)86(70,81(102)108-43-49-23-11-3-12-24-49)82(103)109-44-50-25-13-4-14-26-50/h1-36H,41-46H2/b96-73-,97-74+. The number of halogens is 4. The lowest BCUT2D eigenvalue weighted by Crippen LogP contribution is -2.53. The molecule has 5 aliphatic rings. The number of ether oxygens (including phenoxy) is 6. The number of aliphatic imine (C=N–C) groups is 2. The Balaban J connectivity index is 1.08. The van der Waals surface area contributed by atoms with Crippen molar-refractivity contribution in [1.82, 2.24) is 0 Å². The van der Waals surface area contributed by atoms with Crippen LogP contribution in [-0.4, -0.2) is 58.8 Å². The van der Waals surface area contributed by atoms with E-state index < -0.39 is 216 Å². The van der Waals surface area contributed by atoms with E-state index in [2.05, 4.69) is 0 Å². The maximum Gasteiger partial charge on any atom is 0.334 e. The SMILES string of the molecule is N#CC(C#N)=C1/C(=N/C2=Cc3sc4c(c3C2(C(=O)OCc2ccccc2)C(=O)OCc2ccccc2)C(C(=O)OCc2ccccc2)(C(=O)OCc2ccccc2)c2c-4sc3c2C(C(=O)OCc2ccccc2)(C(=O)OCc2ccccc2)C(/N=C2/C(=O)c4cc(F)c(F)cc4C2=C(C#N)C#N)=C3)C(=O)c2cc(F)c(F)cc21. The summed E-state index contributed by atoms with van der Waals surface area (Å²) in [5.74, 6) is -18.4. The molecule has 0 bridgehead atoms. The van der Waals surface area contributed by atoms with Crippen molar-refractivity contribution in [2.45, 2.75) is 55.9 Å². The van der Waals surface area contributed by atoms with Gasteiger partial charge < -0.3 is 28.4 Å². The summed E-state index contributed by atoms with van der Waals surface area (Å²) < 4.78 is 100. The van der Waals surface area contributed by atoms with Gasteiger partial charge >= 0.3 is 35.8 Å². The van der Waals surface area contributed by atoms with Crippen molar-refractivity contribution in [3.63, 3.8) is 0 Å². The number of esters is 6. The van der Waals surface area contributed by atoms with Gasteiger partial charge in [-0.15, -0.1) is 22.7 Å². The summed E-state index contributed by atoms with van der Waals surface area (Å²) in [6.07, 6.45) is 2.19. The Morgan fingerprint density at radius 3 is 0.805 bits per heavy atom. The van der Waals surface area contributed by atoms with E-state index in [4.69, 9.17) is 38.4 Å². The molecule has 550 valence electrons. The molecule has 0 amide bonds. The smallest absolute Gasteiger partial charge is 0.334 e. The lowest BCUT2D eigenvalue weighted by Gasteiger charge is -2.35. The van der Waals surface area contributed by atoms with Gasteiger partial charge in [0.25, 0.3) is 0 Å². The summed E-state index contributed by atoms with van der Waals surface area (Å²) in [5, 5.41) is 42.4. The zero-order valence-corrected chi connectivity index (χ0v) is 59.9. The molecule has 0 saturated heterocycles. The molecular formula is C87H48F4N6O14S2. The number of benzene rings is 8. The van der Waals surface area contributed by atoms with Crippen LogP contribution in [0.1, 0.15) is 97.2 Å². The molecule has 2 aromatic heterocycles. The monoisotopic (exact) mass is 1540 g/mol. The third-order valence-electron chi connectivity index (χ3n) is 19.5. The zero-order chi connectivity index (χ0) is 79.0. The number of hydrogen-bond donors (Lipinski definition) is 0. The summed E-state index contributed by atoms with van der Waals surface area (Å²) in [5.41, 5.74) is -20.4. The van der Waals surface area contributed by atoms with E-state index in [0.29, 0.717) is 69.2 Å². The minimum absolute atomic E-state index is 0.210. The third kappa shape index (κ3) is 12.4. The molecule has 0 N–H and O–H groups in total. The molecule has 2 heterocycles. The van der Waals surface area contributed by atoms with Crippen LogP contribution in [0.15, 0.2) is 239 Å². The third-order valence-corrected chi connectivity index (χ3v) is 21.9. The topological polar surface area (TPSA) is 312 Å². The molecule has 0 fully saturated rings. The van der Waals surface area contributed by atoms with Gasteiger partial charge in [-0.05, 0) is 69.8 Å². The van der Waals surface area contributed by atoms with Gasteiger partial charge in [0.05, 0.1) is 21.1 Å². The van der Waals surface area contributed by atoms with E-state index in [1.54, 1.807) is 206 Å². The van der Waals surface area contributed by atoms with Crippen LogP contribution in [0, 0.1) is 68.6 Å². The van der Waals surface area contributed by atoms with Crippen molar-refractivity contribution >= 4 is 105 Å². The van der Waals surface area contributed by atoms with Crippen LogP contribution < -0.4 is 0 Å². The van der Waals surface area contributed by atoms with Gasteiger partial charge in [0, 0.05) is 65.4 Å². The number of fused-ring (bicyclic) bond motifs is 9. The molecule has 0 unspecified atom stereocenters. The fourth-order valence-electron chi connectivity index (χ4n) is 14.3. The van der Waals surface area contributed by atoms with E-state index in [1.165, 1.54) is 0 Å². The Kier molecular flexibility index (Phi) is 19.6. The number of nitrogens with zero attached hydrogens (tertiary/aromatic N) is 6. The Labute approximate surface area is 646 Å². The first-order chi connectivity index (χ1) is 54.8. The average Bonchev–Trinajstić information content (AvgIpc) is 1.48. The minimum Gasteiger partial charge on any atom is -0.459 e. The molecular weight excluding hydrogens is 1490 g/mol. The highest BCUT2D eigenvalue weighted by atomic mass is 32.1. The molecule has 0 atom stereocenters. The summed E-state index contributed by atoms with van der Waals surface area (Å²) in [6.45, 7) is -4.15. The van der Waals surface area contributed by atoms with Gasteiger partial charge in [0.1, 0.15) is 86.5 Å². The highest BCUT2D eigenvalue weighted by molar-refractivity contribution is 7.24. The first kappa shape index (κ1) is 73.8. The molecule has 113 heavy (non-hydrogen) atoms. The Bertz CT molecular complexity index is 5650. The number of hydrogen-bond acceptors (Lipinski definition) is 22. The number of ketones is 2. The second-order valence-electron chi connectivity index (χ2n) is 25.9. The molecule has 0 spiro atoms. The number of nitriles is 4. The van der Waals surface area contributed by atoms with Crippen LogP contribution in [-0.2, 0) is 113 Å². The molecule has 10 aromatic rings. The van der Waals surface area contributed by atoms with Gasteiger partial charge in [-0.3, -0.25) is 38.4 Å². The molecule has 5 aliphatic carbocycles. The highest BCUT2D eigenvalue weighted by Crippen LogP contribution is 2.68. The van der Waals surface area contributed by atoms with Crippen LogP contribution in [0.3, 0.4) is 0 Å². The van der Waals surface area contributed by atoms with Crippen LogP contribution in [0.5, 0.6) is 0 Å². The van der Waals surface area contributed by atoms with Crippen LogP contribution >= 0.6 is 22.7 Å². The second-order valence-corrected chi connectivity index (χ2v) is 28.0. The number of allylic oxidation sites excluding steroid dienone is 4. The number of Topliss-reactive ketones (excluding diaryl/α,β-unsaturated/α-hetero) is 2. The van der Waals surface area contributed by atoms with Crippen molar-refractivity contribution in [2.75, 3.05) is 0 Å². The largest absolute Gasteiger partial charge is 0.459 e. The van der Waals surface area contributed by atoms with E-state index >= 15 is 55.9 Å². The fourth-order valence-corrected chi connectivity index (χ4v) is 17.1. The predicted octanol–water partition coefficient (Wildman–Crippen LogP) is 14.6. The maximum absolute atomic E-state index is 17.4. The van der Waals surface area contributed by atoms with Gasteiger partial charge in [-0.25, -0.2) is 27.5 Å². The molecule has 0 saturated carbocycles. The number of carbonyl (C=O) groups is 8. The zero-order valence-electron chi connectivity index (χ0n) is 58.3. The Morgan fingerprint density at radius 1 is 0.336 bits per heavy atom. The number of thiophene rings is 2. The quantitative estimate of drug-likeness (QED) is 0.0225. The highest BCUT2D eigenvalue weighted by Gasteiger charge is 2.72. The normalized spacial score (nSPS) is 15.1. The predicted molar refractivity (Wildman–Crippen MR) is 398 cm³/mol. The Morgan fingerprint density at radius 2 is 0.566 bits per heavy atom. The van der Waals surface area contributed by atoms with Crippen molar-refractivity contribution in [3.8, 4) is 34.0 Å². The van der Waals surface area contributed by atoms with E-state index in [9.17, 15) is 21.0 Å². The van der Waals surface area contributed by atoms with Gasteiger partial charge in [0.15, 0.2) is 23.3 Å². The van der Waals surface area contributed by atoms with Crippen molar-refractivity contribution < 1.29 is 84.3 Å². The fraction of sp³-hybridized carbons (Fsp3) is 0.103. The van der Waals surface area contributed by atoms with Crippen molar-refractivity contribution in [1.29, 1.82) is 21.0 Å². The summed E-state index contributed by atoms with van der Waals surface area (Å²) in [7, 11) is 0. The van der Waals surface area contributed by atoms with Crippen LogP contribution in [0.4, 0.5) is 17.6 Å². The average molecular weight is 1540 g/mol. The Hall–Kier alpha value is -14.7. The lowest BCUT2D eigenvalue weighted by molar-refractivity contribution is -0.168. The summed E-state index contributed by atoms with van der Waals surface area (Å²) in [4.78, 5) is 141. The molecule has 20 nitrogen and oxygen atoms in total. The van der Waals surface area contributed by atoms with Gasteiger partial charge in [-0.2, -0.15) is 21.0 Å². The van der Waals surface area contributed by atoms with Gasteiger partial charge in [0.2, 0.25) is 27.8 Å². The minimum atomic E-state index is -3.49. The summed E-state index contributed by atoms with van der Waals surface area (Å²) >= 11 is 1.31. The van der Waals surface area contributed by atoms with E-state index in [0.717, 1.165) is 12.2 Å². The lowest BCUT2D eigenvalue weighted by atomic mass is 9.67. The van der Waals surface area contributed by atoms with Crippen LogP contribution in [0.2, 0.25) is 0 Å². The first-order valence-corrected chi connectivity index (χ1v) is 35.9. The number of carbonyl (C=O) groups excluding carboxylic acids is 8. The van der Waals surface area contributed by atoms with E-state index in [1.807, 2.05) is 0 Å². The number of rotatable bonds is 20. The maximum atomic E-state index is 17.4. The van der Waals surface area contributed by atoms with Crippen molar-refractivity contribution in [3.05, 3.63) is 340 Å². The van der Waals surface area contributed by atoms with E-state index in [-0.39, 0.29) is 30.6 Å². The molecule has 8 aromatic carbocycles. The summed E-state index contributed by atoms with van der Waals surface area (Å²) in [6, 6.07) is 56.5. The van der Waals surface area contributed by atoms with Crippen molar-refractivity contribution in [2.24, 2.45) is 9.98 Å². The molecule has 0 radical (unpaired) electrons. The van der Waals surface area contributed by atoms with Crippen LogP contribution in [0.25, 0.3) is 33.1 Å². The molecule has 0 aliphatic heterocycles. The second kappa shape index (κ2) is 30.0.